The van der Waals surface area contributed by atoms with Gasteiger partial charge in [-0.15, -0.1) is 21.5 Å². The zero-order chi connectivity index (χ0) is 18.7. The third kappa shape index (κ3) is 4.11. The van der Waals surface area contributed by atoms with Crippen LogP contribution in [0.3, 0.4) is 0 Å². The quantitative estimate of drug-likeness (QED) is 0.563. The van der Waals surface area contributed by atoms with Crippen LogP contribution in [0.5, 0.6) is 0 Å². The van der Waals surface area contributed by atoms with Crippen molar-refractivity contribution < 1.29 is 4.79 Å². The molecule has 1 aromatic carbocycles. The number of rotatable bonds is 6. The zero-order valence-corrected chi connectivity index (χ0v) is 17.1. The van der Waals surface area contributed by atoms with Gasteiger partial charge in [0.15, 0.2) is 0 Å². The summed E-state index contributed by atoms with van der Waals surface area (Å²) in [5, 5.41) is 14.1. The molecule has 3 aromatic rings. The van der Waals surface area contributed by atoms with E-state index in [1.807, 2.05) is 31.2 Å². The minimum absolute atomic E-state index is 0.201. The van der Waals surface area contributed by atoms with Crippen LogP contribution in [0.1, 0.15) is 53.0 Å². The molecule has 0 bridgehead atoms. The van der Waals surface area contributed by atoms with Crippen molar-refractivity contribution in [3.05, 3.63) is 44.9 Å². The number of thiazole rings is 1. The normalized spacial score (nSPS) is 11.1. The predicted octanol–water partition coefficient (Wildman–Crippen LogP) is 5.78. The first-order chi connectivity index (χ1) is 12.5. The first kappa shape index (κ1) is 18.9. The summed E-state index contributed by atoms with van der Waals surface area (Å²) in [6, 6.07) is 7.42. The summed E-state index contributed by atoms with van der Waals surface area (Å²) < 4.78 is 0. The van der Waals surface area contributed by atoms with Gasteiger partial charge < -0.3 is 0 Å². The molecule has 0 aliphatic rings. The Morgan fingerprint density at radius 2 is 1.85 bits per heavy atom. The fourth-order valence-electron chi connectivity index (χ4n) is 2.56. The average molecular weight is 407 g/mol. The third-order valence-electron chi connectivity index (χ3n) is 4.09. The predicted molar refractivity (Wildman–Crippen MR) is 108 cm³/mol. The largest absolute Gasteiger partial charge is 0.296 e. The maximum atomic E-state index is 12.6. The fourth-order valence-corrected chi connectivity index (χ4v) is 4.66. The molecule has 136 valence electrons. The molecular weight excluding hydrogens is 388 g/mol. The van der Waals surface area contributed by atoms with Crippen molar-refractivity contribution in [1.29, 1.82) is 0 Å². The summed E-state index contributed by atoms with van der Waals surface area (Å²) in [5.41, 5.74) is 1.63. The molecule has 2 heterocycles. The van der Waals surface area contributed by atoms with Gasteiger partial charge in [0.05, 0.1) is 5.69 Å². The lowest BCUT2D eigenvalue weighted by Crippen LogP contribution is -2.11. The highest BCUT2D eigenvalue weighted by atomic mass is 35.5. The van der Waals surface area contributed by atoms with E-state index in [2.05, 4.69) is 34.3 Å². The van der Waals surface area contributed by atoms with Crippen LogP contribution in [0.15, 0.2) is 24.3 Å². The highest BCUT2D eigenvalue weighted by molar-refractivity contribution is 7.17. The van der Waals surface area contributed by atoms with Gasteiger partial charge in [0, 0.05) is 16.5 Å². The monoisotopic (exact) mass is 406 g/mol. The lowest BCUT2D eigenvalue weighted by atomic mass is 10.1. The minimum atomic E-state index is -0.201. The standard InChI is InChI=1S/C18H19ClN4OS2/c1-4-11(5-2)17-22-23-18(26-17)21-15(24)14-10(3)20-16(25-14)12-6-8-13(19)9-7-12/h6-9,11H,4-5H2,1-3H3,(H,21,23,24). The molecular formula is C18H19ClN4OS2. The molecule has 0 unspecified atom stereocenters. The van der Waals surface area contributed by atoms with Crippen LogP contribution >= 0.6 is 34.3 Å². The molecule has 0 fully saturated rings. The van der Waals surface area contributed by atoms with Crippen molar-refractivity contribution in [2.24, 2.45) is 0 Å². The number of aromatic nitrogens is 3. The molecule has 5 nitrogen and oxygen atoms in total. The van der Waals surface area contributed by atoms with Crippen molar-refractivity contribution in [2.75, 3.05) is 5.32 Å². The summed E-state index contributed by atoms with van der Waals surface area (Å²) in [4.78, 5) is 17.7. The van der Waals surface area contributed by atoms with Crippen LogP contribution in [0.2, 0.25) is 5.02 Å². The van der Waals surface area contributed by atoms with Crippen LogP contribution in [-0.2, 0) is 0 Å². The van der Waals surface area contributed by atoms with E-state index >= 15 is 0 Å². The third-order valence-corrected chi connectivity index (χ3v) is 6.55. The molecule has 8 heteroatoms. The van der Waals surface area contributed by atoms with E-state index in [1.165, 1.54) is 22.7 Å². The summed E-state index contributed by atoms with van der Waals surface area (Å²) >= 11 is 8.73. The maximum absolute atomic E-state index is 12.6. The molecule has 0 saturated carbocycles. The summed E-state index contributed by atoms with van der Waals surface area (Å²) in [7, 11) is 0. The number of hydrogen-bond acceptors (Lipinski definition) is 6. The number of nitrogens with zero attached hydrogens (tertiary/aromatic N) is 3. The molecule has 1 amide bonds. The van der Waals surface area contributed by atoms with E-state index in [0.717, 1.165) is 28.4 Å². The molecule has 2 aromatic heterocycles. The molecule has 0 spiro atoms. The lowest BCUT2D eigenvalue weighted by molar-refractivity contribution is 0.102. The molecule has 26 heavy (non-hydrogen) atoms. The van der Waals surface area contributed by atoms with Gasteiger partial charge in [-0.25, -0.2) is 4.98 Å². The fraction of sp³-hybridized carbons (Fsp3) is 0.333. The summed E-state index contributed by atoms with van der Waals surface area (Å²) in [5.74, 6) is 0.187. The average Bonchev–Trinajstić information content (AvgIpc) is 3.24. The SMILES string of the molecule is CCC(CC)c1nnc(NC(=O)c2sc(-c3ccc(Cl)cc3)nc2C)s1. The van der Waals surface area contributed by atoms with Gasteiger partial charge in [0.2, 0.25) is 5.13 Å². The van der Waals surface area contributed by atoms with Crippen LogP contribution in [0, 0.1) is 6.92 Å². The molecule has 0 saturated heterocycles. The Bertz CT molecular complexity index is 900. The smallest absolute Gasteiger partial charge is 0.269 e. The Kier molecular flexibility index (Phi) is 6.01. The second kappa shape index (κ2) is 8.24. The second-order valence-electron chi connectivity index (χ2n) is 5.85. The minimum Gasteiger partial charge on any atom is -0.296 e. The first-order valence-corrected chi connectivity index (χ1v) is 10.4. The zero-order valence-electron chi connectivity index (χ0n) is 14.7. The van der Waals surface area contributed by atoms with Gasteiger partial charge in [0.25, 0.3) is 5.91 Å². The van der Waals surface area contributed by atoms with E-state index in [4.69, 9.17) is 11.6 Å². The number of aryl methyl sites for hydroxylation is 1. The molecule has 0 atom stereocenters. The highest BCUT2D eigenvalue weighted by Gasteiger charge is 2.19. The first-order valence-electron chi connectivity index (χ1n) is 8.39. The van der Waals surface area contributed by atoms with E-state index in [9.17, 15) is 4.79 Å². The van der Waals surface area contributed by atoms with E-state index in [-0.39, 0.29) is 5.91 Å². The molecule has 3 rings (SSSR count). The summed E-state index contributed by atoms with van der Waals surface area (Å²) in [6.45, 7) is 6.10. The Labute approximate surface area is 165 Å². The van der Waals surface area contributed by atoms with Gasteiger partial charge >= 0.3 is 0 Å². The van der Waals surface area contributed by atoms with Crippen molar-refractivity contribution in [2.45, 2.75) is 39.5 Å². The van der Waals surface area contributed by atoms with E-state index < -0.39 is 0 Å². The Morgan fingerprint density at radius 1 is 1.15 bits per heavy atom. The van der Waals surface area contributed by atoms with Crippen LogP contribution in [0.4, 0.5) is 5.13 Å². The van der Waals surface area contributed by atoms with Crippen LogP contribution < -0.4 is 5.32 Å². The van der Waals surface area contributed by atoms with Crippen molar-refractivity contribution in [1.82, 2.24) is 15.2 Å². The Morgan fingerprint density at radius 3 is 2.50 bits per heavy atom. The molecule has 1 N–H and O–H groups in total. The molecule has 0 aliphatic carbocycles. The van der Waals surface area contributed by atoms with Crippen LogP contribution in [-0.4, -0.2) is 21.1 Å². The number of halogens is 1. The van der Waals surface area contributed by atoms with Gasteiger partial charge in [-0.3, -0.25) is 10.1 Å². The number of anilines is 1. The highest BCUT2D eigenvalue weighted by Crippen LogP contribution is 2.31. The lowest BCUT2D eigenvalue weighted by Gasteiger charge is -2.05. The van der Waals surface area contributed by atoms with E-state index in [0.29, 0.717) is 26.6 Å². The summed E-state index contributed by atoms with van der Waals surface area (Å²) in [6.07, 6.45) is 2.02. The van der Waals surface area contributed by atoms with Crippen molar-refractivity contribution in [3.63, 3.8) is 0 Å². The van der Waals surface area contributed by atoms with Gasteiger partial charge in [-0.05, 0) is 31.9 Å². The van der Waals surface area contributed by atoms with E-state index in [1.54, 1.807) is 0 Å². The molecule has 0 radical (unpaired) electrons. The number of amides is 1. The number of carbonyl (C=O) groups excluding carboxylic acids is 1. The number of carbonyl (C=O) groups is 1. The number of hydrogen-bond donors (Lipinski definition) is 1. The Balaban J connectivity index is 1.77. The van der Waals surface area contributed by atoms with Gasteiger partial charge in [-0.2, -0.15) is 0 Å². The number of nitrogens with one attached hydrogen (secondary N) is 1. The number of benzene rings is 1. The van der Waals surface area contributed by atoms with Gasteiger partial charge in [-0.1, -0.05) is 48.9 Å². The van der Waals surface area contributed by atoms with Crippen molar-refractivity contribution >= 4 is 45.3 Å². The molecule has 0 aliphatic heterocycles. The van der Waals surface area contributed by atoms with Crippen molar-refractivity contribution in [3.8, 4) is 10.6 Å². The Hall–Kier alpha value is -1.83. The van der Waals surface area contributed by atoms with Crippen LogP contribution in [0.25, 0.3) is 10.6 Å². The maximum Gasteiger partial charge on any atom is 0.269 e. The topological polar surface area (TPSA) is 67.8 Å². The second-order valence-corrected chi connectivity index (χ2v) is 8.30. The van der Waals surface area contributed by atoms with Gasteiger partial charge in [0.1, 0.15) is 14.9 Å².